The lowest BCUT2D eigenvalue weighted by atomic mass is 9.72. The Hall–Kier alpha value is -5.33. The average molecular weight is 792 g/mol. The first-order chi connectivity index (χ1) is 27.9. The van der Waals surface area contributed by atoms with E-state index in [4.69, 9.17) is 11.5 Å². The number of likely N-dealkylation sites (tertiary alicyclic amines) is 2. The summed E-state index contributed by atoms with van der Waals surface area (Å²) in [4.78, 5) is 72.1. The van der Waals surface area contributed by atoms with Crippen LogP contribution in [0, 0.1) is 11.3 Å². The largest absolute Gasteiger partial charge is 0.343 e. The van der Waals surface area contributed by atoms with Gasteiger partial charge in [-0.3, -0.25) is 24.0 Å². The van der Waals surface area contributed by atoms with Gasteiger partial charge in [0.15, 0.2) is 0 Å². The van der Waals surface area contributed by atoms with Crippen LogP contribution in [0.15, 0.2) is 97.1 Å². The molecule has 0 bridgehead atoms. The fourth-order valence-corrected chi connectivity index (χ4v) is 7.79. The molecule has 0 aromatic heterocycles. The lowest BCUT2D eigenvalue weighted by molar-refractivity contribution is -0.147. The van der Waals surface area contributed by atoms with E-state index in [0.29, 0.717) is 64.8 Å². The maximum absolute atomic E-state index is 14.1. The zero-order chi connectivity index (χ0) is 41.5. The van der Waals surface area contributed by atoms with Crippen LogP contribution in [-0.2, 0) is 36.8 Å². The summed E-state index contributed by atoms with van der Waals surface area (Å²) >= 11 is 0. The Balaban J connectivity index is 1.21. The highest BCUT2D eigenvalue weighted by Crippen LogP contribution is 2.40. The Kier molecular flexibility index (Phi) is 16.2. The van der Waals surface area contributed by atoms with Crippen molar-refractivity contribution in [1.29, 1.82) is 0 Å². The highest BCUT2D eigenvalue weighted by Gasteiger charge is 2.47. The van der Waals surface area contributed by atoms with Crippen LogP contribution in [0.2, 0.25) is 0 Å². The third kappa shape index (κ3) is 12.8. The molecule has 3 aromatic carbocycles. The minimum absolute atomic E-state index is 0.0147. The molecule has 0 aliphatic carbocycles. The molecular formula is C46H61N7O5. The van der Waals surface area contributed by atoms with E-state index in [1.165, 1.54) is 0 Å². The van der Waals surface area contributed by atoms with Crippen molar-refractivity contribution < 1.29 is 24.0 Å². The zero-order valence-corrected chi connectivity index (χ0v) is 34.0. The summed E-state index contributed by atoms with van der Waals surface area (Å²) in [5, 5.41) is 8.78. The van der Waals surface area contributed by atoms with Gasteiger partial charge in [0.1, 0.15) is 18.1 Å². The monoisotopic (exact) mass is 791 g/mol. The zero-order valence-electron chi connectivity index (χ0n) is 34.0. The van der Waals surface area contributed by atoms with Gasteiger partial charge in [-0.25, -0.2) is 0 Å². The number of rotatable bonds is 19. The van der Waals surface area contributed by atoms with Crippen LogP contribution in [0.4, 0.5) is 0 Å². The Labute approximate surface area is 343 Å². The first-order valence-electron chi connectivity index (χ1n) is 20.7. The molecule has 12 nitrogen and oxygen atoms in total. The van der Waals surface area contributed by atoms with E-state index in [1.807, 2.05) is 121 Å². The van der Waals surface area contributed by atoms with Gasteiger partial charge >= 0.3 is 0 Å². The number of nitrogens with one attached hydrogen (secondary N) is 3. The Morgan fingerprint density at radius 3 is 1.81 bits per heavy atom. The normalized spacial score (nSPS) is 16.9. The fourth-order valence-electron chi connectivity index (χ4n) is 7.79. The molecule has 4 atom stereocenters. The fraction of sp³-hybridized carbons (Fsp3) is 0.457. The van der Waals surface area contributed by atoms with Crippen molar-refractivity contribution in [3.63, 3.8) is 0 Å². The summed E-state index contributed by atoms with van der Waals surface area (Å²) < 4.78 is 0. The average Bonchev–Trinajstić information content (AvgIpc) is 3.21. The third-order valence-electron chi connectivity index (χ3n) is 11.2. The number of hydrogen-bond donors (Lipinski definition) is 5. The maximum atomic E-state index is 14.1. The van der Waals surface area contributed by atoms with Crippen LogP contribution in [0.5, 0.6) is 0 Å². The SMILES string of the molecule is CC(C)C[C@@H](NC(=O)[C@@H](Cc1ccccc1)NC(=O)[C@H](N)Cc1ccccc1)C(=O)N[C@H](CCCCN)C(=O)N1CCC2(CC1)CN(C(=O)C=Cc1ccccc1)C2. The minimum Gasteiger partial charge on any atom is -0.343 e. The number of unbranched alkanes of at least 4 members (excludes halogenated alkanes) is 1. The van der Waals surface area contributed by atoms with Gasteiger partial charge < -0.3 is 37.2 Å². The number of amides is 5. The quantitative estimate of drug-likeness (QED) is 0.0910. The number of carbonyl (C=O) groups excluding carboxylic acids is 5. The van der Waals surface area contributed by atoms with Crippen LogP contribution in [0.3, 0.4) is 0 Å². The van der Waals surface area contributed by atoms with E-state index < -0.39 is 41.9 Å². The topological polar surface area (TPSA) is 180 Å². The molecule has 0 radical (unpaired) electrons. The molecular weight excluding hydrogens is 731 g/mol. The van der Waals surface area contributed by atoms with E-state index in [-0.39, 0.29) is 29.6 Å². The smallest absolute Gasteiger partial charge is 0.246 e. The molecule has 2 aliphatic heterocycles. The molecule has 2 fully saturated rings. The molecule has 58 heavy (non-hydrogen) atoms. The number of carbonyl (C=O) groups is 5. The van der Waals surface area contributed by atoms with Crippen LogP contribution in [0.25, 0.3) is 6.08 Å². The summed E-state index contributed by atoms with van der Waals surface area (Å²) in [6.45, 7) is 6.76. The van der Waals surface area contributed by atoms with Crippen molar-refractivity contribution in [2.75, 3.05) is 32.7 Å². The highest BCUT2D eigenvalue weighted by atomic mass is 16.2. The van der Waals surface area contributed by atoms with Crippen molar-refractivity contribution in [2.24, 2.45) is 22.8 Å². The first-order valence-corrected chi connectivity index (χ1v) is 20.7. The lowest BCUT2D eigenvalue weighted by Gasteiger charge is -2.54. The van der Waals surface area contributed by atoms with Crippen molar-refractivity contribution in [3.05, 3.63) is 114 Å². The van der Waals surface area contributed by atoms with Crippen LogP contribution >= 0.6 is 0 Å². The van der Waals surface area contributed by atoms with Gasteiger partial charge in [0.25, 0.3) is 0 Å². The number of benzene rings is 3. The number of hydrogen-bond acceptors (Lipinski definition) is 7. The van der Waals surface area contributed by atoms with E-state index in [1.54, 1.807) is 6.08 Å². The van der Waals surface area contributed by atoms with Gasteiger partial charge in [-0.2, -0.15) is 0 Å². The predicted molar refractivity (Wildman–Crippen MR) is 227 cm³/mol. The van der Waals surface area contributed by atoms with Crippen LogP contribution in [-0.4, -0.2) is 96.2 Å². The van der Waals surface area contributed by atoms with Gasteiger partial charge in [-0.15, -0.1) is 0 Å². The molecule has 7 N–H and O–H groups in total. The molecule has 2 aliphatic rings. The second-order valence-corrected chi connectivity index (χ2v) is 16.3. The van der Waals surface area contributed by atoms with Crippen molar-refractivity contribution in [3.8, 4) is 0 Å². The number of nitrogens with two attached hydrogens (primary N) is 2. The van der Waals surface area contributed by atoms with Crippen LogP contribution < -0.4 is 27.4 Å². The molecule has 310 valence electrons. The molecule has 1 spiro atoms. The second-order valence-electron chi connectivity index (χ2n) is 16.3. The second kappa shape index (κ2) is 21.4. The van der Waals surface area contributed by atoms with E-state index in [2.05, 4.69) is 16.0 Å². The predicted octanol–water partition coefficient (Wildman–Crippen LogP) is 3.59. The summed E-state index contributed by atoms with van der Waals surface area (Å²) in [6.07, 6.45) is 7.55. The molecule has 5 rings (SSSR count). The molecule has 2 heterocycles. The van der Waals surface area contributed by atoms with E-state index in [9.17, 15) is 24.0 Å². The van der Waals surface area contributed by atoms with E-state index >= 15 is 0 Å². The molecule has 5 amide bonds. The van der Waals surface area contributed by atoms with Gasteiger partial charge in [-0.05, 0) is 80.2 Å². The Morgan fingerprint density at radius 2 is 1.22 bits per heavy atom. The minimum atomic E-state index is -1.00. The molecule has 2 saturated heterocycles. The van der Waals surface area contributed by atoms with Gasteiger partial charge in [-0.1, -0.05) is 105 Å². The summed E-state index contributed by atoms with van der Waals surface area (Å²) in [5.74, 6) is -1.58. The first kappa shape index (κ1) is 43.8. The van der Waals surface area contributed by atoms with Crippen molar-refractivity contribution in [2.45, 2.75) is 89.4 Å². The summed E-state index contributed by atoms with van der Waals surface area (Å²) in [7, 11) is 0. The van der Waals surface area contributed by atoms with Gasteiger partial charge in [0.2, 0.25) is 29.5 Å². The van der Waals surface area contributed by atoms with E-state index in [0.717, 1.165) is 29.5 Å². The van der Waals surface area contributed by atoms with Gasteiger partial charge in [0.05, 0.1) is 6.04 Å². The lowest BCUT2D eigenvalue weighted by Crippen LogP contribution is -2.63. The third-order valence-corrected chi connectivity index (χ3v) is 11.2. The standard InChI is InChI=1S/C46H61N7O5/c1-33(2)28-39(51-44(57)40(30-36-18-10-5-11-19-36)50-42(55)37(48)29-35-16-8-4-9-17-35)43(56)49-38(20-12-13-25-47)45(58)52-26-23-46(24-27-52)31-53(32-46)41(54)22-21-34-14-6-3-7-15-34/h3-11,14-19,21-22,33,37-40H,12-13,20,23-32,47-48H2,1-2H3,(H,49,56)(H,50,55)(H,51,57)/t37-,38-,39-,40-/m1/s1. The molecule has 3 aromatic rings. The highest BCUT2D eigenvalue weighted by molar-refractivity contribution is 5.95. The summed E-state index contributed by atoms with van der Waals surface area (Å²) in [6, 6.07) is 24.9. The summed E-state index contributed by atoms with van der Waals surface area (Å²) in [5.41, 5.74) is 14.8. The maximum Gasteiger partial charge on any atom is 0.246 e. The van der Waals surface area contributed by atoms with Gasteiger partial charge in [0, 0.05) is 44.1 Å². The molecule has 12 heteroatoms. The molecule has 0 saturated carbocycles. The Bertz CT molecular complexity index is 1820. The molecule has 0 unspecified atom stereocenters. The van der Waals surface area contributed by atoms with Crippen molar-refractivity contribution >= 4 is 35.6 Å². The number of piperidine rings is 1. The Morgan fingerprint density at radius 1 is 0.690 bits per heavy atom. The van der Waals surface area contributed by atoms with Crippen LogP contribution in [0.1, 0.15) is 69.1 Å². The number of nitrogens with zero attached hydrogens (tertiary/aromatic N) is 2. The van der Waals surface area contributed by atoms with Crippen molar-refractivity contribution in [1.82, 2.24) is 25.8 Å².